The van der Waals surface area contributed by atoms with Gasteiger partial charge >= 0.3 is 0 Å². The Morgan fingerprint density at radius 3 is 2.38 bits per heavy atom. The molecule has 0 bridgehead atoms. The van der Waals surface area contributed by atoms with Crippen LogP contribution in [-0.4, -0.2) is 14.4 Å². The molecule has 0 heterocycles. The Morgan fingerprint density at radius 1 is 1.14 bits per heavy atom. The summed E-state index contributed by atoms with van der Waals surface area (Å²) in [6, 6.07) is 12.0. The van der Waals surface area contributed by atoms with E-state index < -0.39 is 16.0 Å². The lowest BCUT2D eigenvalue weighted by atomic mass is 10.1. The van der Waals surface area contributed by atoms with Gasteiger partial charge in [0.1, 0.15) is 0 Å². The van der Waals surface area contributed by atoms with Crippen LogP contribution >= 0.6 is 0 Å². The normalized spacial score (nSPS) is 11.1. The Bertz CT molecular complexity index is 751. The van der Waals surface area contributed by atoms with Gasteiger partial charge in [0.25, 0.3) is 10.0 Å². The van der Waals surface area contributed by atoms with Crippen molar-refractivity contribution in [3.63, 3.8) is 0 Å². The Hall–Kier alpha value is -2.34. The quantitative estimate of drug-likeness (QED) is 0.905. The minimum absolute atomic E-state index is 0.00518. The number of aromatic carboxylic acids is 1. The van der Waals surface area contributed by atoms with E-state index in [0.29, 0.717) is 5.69 Å². The predicted molar refractivity (Wildman–Crippen MR) is 77.4 cm³/mol. The lowest BCUT2D eigenvalue weighted by Crippen LogP contribution is -2.22. The second-order valence-electron chi connectivity index (χ2n) is 4.47. The molecule has 6 heteroatoms. The number of sulfonamides is 1. The third-order valence-electron chi connectivity index (χ3n) is 2.99. The maximum Gasteiger partial charge on any atom is 0.261 e. The summed E-state index contributed by atoms with van der Waals surface area (Å²) in [4.78, 5) is 10.6. The minimum Gasteiger partial charge on any atom is -0.545 e. The highest BCUT2D eigenvalue weighted by Crippen LogP contribution is 2.18. The number of carboxylic acids is 1. The summed E-state index contributed by atoms with van der Waals surface area (Å²) >= 11 is 0. The van der Waals surface area contributed by atoms with E-state index in [2.05, 4.69) is 4.72 Å². The molecule has 0 atom stereocenters. The number of rotatable bonds is 5. The fourth-order valence-electron chi connectivity index (χ4n) is 1.84. The van der Waals surface area contributed by atoms with Crippen LogP contribution in [-0.2, 0) is 16.4 Å². The summed E-state index contributed by atoms with van der Waals surface area (Å²) in [5, 5.41) is 10.6. The highest BCUT2D eigenvalue weighted by Gasteiger charge is 2.14. The van der Waals surface area contributed by atoms with Gasteiger partial charge in [0, 0.05) is 5.69 Å². The third kappa shape index (κ3) is 3.61. The van der Waals surface area contributed by atoms with Crippen molar-refractivity contribution in [1.29, 1.82) is 0 Å². The molecule has 110 valence electrons. The number of anilines is 1. The van der Waals surface area contributed by atoms with Crippen molar-refractivity contribution in [1.82, 2.24) is 0 Å². The fourth-order valence-corrected chi connectivity index (χ4v) is 2.89. The molecule has 0 aliphatic carbocycles. The van der Waals surface area contributed by atoms with Gasteiger partial charge in [0.15, 0.2) is 0 Å². The average molecular weight is 304 g/mol. The first-order valence-corrected chi connectivity index (χ1v) is 7.84. The molecule has 0 fully saturated rings. The van der Waals surface area contributed by atoms with E-state index in [0.717, 1.165) is 12.0 Å². The summed E-state index contributed by atoms with van der Waals surface area (Å²) in [5.74, 6) is -1.34. The molecular formula is C15H14NO4S-. The van der Waals surface area contributed by atoms with Crippen LogP contribution in [0.25, 0.3) is 0 Å². The second-order valence-corrected chi connectivity index (χ2v) is 6.15. The van der Waals surface area contributed by atoms with Gasteiger partial charge in [-0.1, -0.05) is 31.2 Å². The zero-order valence-electron chi connectivity index (χ0n) is 11.4. The lowest BCUT2D eigenvalue weighted by Gasteiger charge is -2.10. The highest BCUT2D eigenvalue weighted by molar-refractivity contribution is 7.92. The van der Waals surface area contributed by atoms with Gasteiger partial charge < -0.3 is 9.90 Å². The second kappa shape index (κ2) is 5.97. The Morgan fingerprint density at radius 2 is 1.81 bits per heavy atom. The molecule has 0 aliphatic rings. The summed E-state index contributed by atoms with van der Waals surface area (Å²) in [6.07, 6.45) is 0.801. The zero-order valence-corrected chi connectivity index (χ0v) is 12.2. The number of benzene rings is 2. The van der Waals surface area contributed by atoms with Crippen LogP contribution in [0.3, 0.4) is 0 Å². The Balaban J connectivity index is 2.27. The molecule has 0 saturated heterocycles. The summed E-state index contributed by atoms with van der Waals surface area (Å²) in [7, 11) is -3.74. The van der Waals surface area contributed by atoms with E-state index in [-0.39, 0.29) is 10.5 Å². The van der Waals surface area contributed by atoms with Crippen molar-refractivity contribution in [2.75, 3.05) is 4.72 Å². The van der Waals surface area contributed by atoms with Gasteiger partial charge in [-0.25, -0.2) is 8.42 Å². The number of hydrogen-bond donors (Lipinski definition) is 1. The first-order chi connectivity index (χ1) is 9.92. The van der Waals surface area contributed by atoms with E-state index in [1.807, 2.05) is 13.0 Å². The smallest absolute Gasteiger partial charge is 0.261 e. The van der Waals surface area contributed by atoms with Crippen LogP contribution in [0.1, 0.15) is 22.8 Å². The third-order valence-corrected chi connectivity index (χ3v) is 4.38. The van der Waals surface area contributed by atoms with E-state index in [1.165, 1.54) is 24.3 Å². The molecule has 0 aliphatic heterocycles. The van der Waals surface area contributed by atoms with Gasteiger partial charge in [-0.05, 0) is 41.8 Å². The molecular weight excluding hydrogens is 290 g/mol. The highest BCUT2D eigenvalue weighted by atomic mass is 32.2. The number of aryl methyl sites for hydroxylation is 1. The van der Waals surface area contributed by atoms with Gasteiger partial charge in [-0.2, -0.15) is 0 Å². The first kappa shape index (κ1) is 15.1. The Labute approximate surface area is 123 Å². The van der Waals surface area contributed by atoms with Crippen LogP contribution < -0.4 is 9.83 Å². The standard InChI is InChI=1S/C15H15NO4S/c1-2-11-4-3-5-13(10-11)16-21(19,20)14-8-6-12(7-9-14)15(17)18/h3-10,16H,2H2,1H3,(H,17,18)/p-1. The molecule has 1 N–H and O–H groups in total. The van der Waals surface area contributed by atoms with Crippen molar-refractivity contribution in [3.05, 3.63) is 59.7 Å². The average Bonchev–Trinajstić information content (AvgIpc) is 2.47. The molecule has 2 aromatic rings. The van der Waals surface area contributed by atoms with Gasteiger partial charge in [-0.3, -0.25) is 4.72 Å². The predicted octanol–water partition coefficient (Wildman–Crippen LogP) is 1.41. The van der Waals surface area contributed by atoms with Crippen LogP contribution in [0, 0.1) is 0 Å². The molecule has 5 nitrogen and oxygen atoms in total. The van der Waals surface area contributed by atoms with E-state index in [4.69, 9.17) is 0 Å². The van der Waals surface area contributed by atoms with Crippen molar-refractivity contribution in [2.24, 2.45) is 0 Å². The molecule has 2 aromatic carbocycles. The molecule has 21 heavy (non-hydrogen) atoms. The topological polar surface area (TPSA) is 86.3 Å². The number of hydrogen-bond acceptors (Lipinski definition) is 4. The zero-order chi connectivity index (χ0) is 15.5. The molecule has 0 spiro atoms. The lowest BCUT2D eigenvalue weighted by molar-refractivity contribution is -0.255. The van der Waals surface area contributed by atoms with Crippen LogP contribution in [0.5, 0.6) is 0 Å². The van der Waals surface area contributed by atoms with Crippen molar-refractivity contribution < 1.29 is 18.3 Å². The Kier molecular flexibility index (Phi) is 4.28. The molecule has 0 unspecified atom stereocenters. The van der Waals surface area contributed by atoms with Gasteiger partial charge in [-0.15, -0.1) is 0 Å². The fraction of sp³-hybridized carbons (Fsp3) is 0.133. The van der Waals surface area contributed by atoms with Crippen molar-refractivity contribution >= 4 is 21.7 Å². The van der Waals surface area contributed by atoms with E-state index in [9.17, 15) is 18.3 Å². The van der Waals surface area contributed by atoms with Crippen molar-refractivity contribution in [2.45, 2.75) is 18.2 Å². The monoisotopic (exact) mass is 304 g/mol. The first-order valence-electron chi connectivity index (χ1n) is 6.35. The molecule has 0 saturated carbocycles. The van der Waals surface area contributed by atoms with E-state index >= 15 is 0 Å². The molecule has 2 rings (SSSR count). The van der Waals surface area contributed by atoms with Crippen LogP contribution in [0.15, 0.2) is 53.4 Å². The van der Waals surface area contributed by atoms with Crippen LogP contribution in [0.2, 0.25) is 0 Å². The summed E-state index contributed by atoms with van der Waals surface area (Å²) in [5.41, 5.74) is 1.42. The number of carbonyl (C=O) groups excluding carboxylic acids is 1. The largest absolute Gasteiger partial charge is 0.545 e. The summed E-state index contributed by atoms with van der Waals surface area (Å²) in [6.45, 7) is 1.98. The number of carboxylic acid groups (broad SMARTS) is 1. The van der Waals surface area contributed by atoms with Crippen molar-refractivity contribution in [3.8, 4) is 0 Å². The maximum atomic E-state index is 12.2. The van der Waals surface area contributed by atoms with Gasteiger partial charge in [0.05, 0.1) is 10.9 Å². The molecule has 0 amide bonds. The number of carbonyl (C=O) groups is 1. The SMILES string of the molecule is CCc1cccc(NS(=O)(=O)c2ccc(C(=O)[O-])cc2)c1. The number of nitrogens with one attached hydrogen (secondary N) is 1. The minimum atomic E-state index is -3.74. The maximum absolute atomic E-state index is 12.2. The van der Waals surface area contributed by atoms with Crippen LogP contribution in [0.4, 0.5) is 5.69 Å². The summed E-state index contributed by atoms with van der Waals surface area (Å²) < 4.78 is 26.9. The van der Waals surface area contributed by atoms with Gasteiger partial charge in [0.2, 0.25) is 0 Å². The molecule has 0 aromatic heterocycles. The molecule has 0 radical (unpaired) electrons. The van der Waals surface area contributed by atoms with E-state index in [1.54, 1.807) is 18.2 Å².